The lowest BCUT2D eigenvalue weighted by atomic mass is 9.84. The highest BCUT2D eigenvalue weighted by atomic mass is 35.5. The maximum atomic E-state index is 12.1. The molecular formula is C15H16ClNO3. The Morgan fingerprint density at radius 3 is 2.65 bits per heavy atom. The molecule has 0 radical (unpaired) electrons. The Balaban J connectivity index is 2.41. The van der Waals surface area contributed by atoms with Gasteiger partial charge in [-0.3, -0.25) is 4.79 Å². The molecule has 1 N–H and O–H groups in total. The van der Waals surface area contributed by atoms with Gasteiger partial charge in [0.25, 0.3) is 0 Å². The Labute approximate surface area is 122 Å². The number of carbonyl (C=O) groups excluding carboxylic acids is 2. The Hall–Kier alpha value is -1.81. The number of hydrogen-bond acceptors (Lipinski definition) is 3. The maximum Gasteiger partial charge on any atom is 0.336 e. The number of benzene rings is 1. The largest absolute Gasteiger partial charge is 0.463 e. The molecule has 1 aliphatic rings. The first-order valence-electron chi connectivity index (χ1n) is 6.46. The highest BCUT2D eigenvalue weighted by molar-refractivity contribution is 6.30. The van der Waals surface area contributed by atoms with Crippen LogP contribution in [-0.2, 0) is 14.3 Å². The van der Waals surface area contributed by atoms with Gasteiger partial charge >= 0.3 is 5.97 Å². The quantitative estimate of drug-likeness (QED) is 0.872. The van der Waals surface area contributed by atoms with Gasteiger partial charge in [-0.1, -0.05) is 23.7 Å². The first-order valence-corrected chi connectivity index (χ1v) is 6.84. The first kappa shape index (κ1) is 14.6. The van der Waals surface area contributed by atoms with Crippen LogP contribution in [-0.4, -0.2) is 18.5 Å². The zero-order valence-corrected chi connectivity index (χ0v) is 12.2. The number of ether oxygens (including phenoxy) is 1. The number of esters is 1. The van der Waals surface area contributed by atoms with Gasteiger partial charge in [-0.15, -0.1) is 0 Å². The first-order chi connectivity index (χ1) is 9.52. The van der Waals surface area contributed by atoms with Gasteiger partial charge in [0.1, 0.15) is 0 Å². The Bertz CT molecular complexity index is 563. The highest BCUT2D eigenvalue weighted by Crippen LogP contribution is 2.33. The number of nitrogens with one attached hydrogen (secondary N) is 1. The molecule has 0 aromatic heterocycles. The van der Waals surface area contributed by atoms with Crippen LogP contribution < -0.4 is 5.32 Å². The van der Waals surface area contributed by atoms with Gasteiger partial charge in [0.05, 0.1) is 12.2 Å². The molecule has 1 aromatic carbocycles. The van der Waals surface area contributed by atoms with Crippen molar-refractivity contribution in [3.05, 3.63) is 46.1 Å². The lowest BCUT2D eigenvalue weighted by Gasteiger charge is -2.26. The fourth-order valence-corrected chi connectivity index (χ4v) is 2.49. The van der Waals surface area contributed by atoms with Crippen LogP contribution in [0.5, 0.6) is 0 Å². The van der Waals surface area contributed by atoms with E-state index in [1.165, 1.54) is 0 Å². The standard InChI is InChI=1S/C15H16ClNO3/c1-3-20-15(19)14-9(2)17-13(18)8-12(14)10-4-6-11(16)7-5-10/h4-7,12H,3,8H2,1-2H3,(H,17,18). The molecule has 1 atom stereocenters. The van der Waals surface area contributed by atoms with Crippen LogP contribution in [0.3, 0.4) is 0 Å². The molecule has 0 fully saturated rings. The van der Waals surface area contributed by atoms with Crippen LogP contribution in [0.2, 0.25) is 5.02 Å². The van der Waals surface area contributed by atoms with Crippen LogP contribution in [0.25, 0.3) is 0 Å². The molecule has 1 unspecified atom stereocenters. The summed E-state index contributed by atoms with van der Waals surface area (Å²) in [4.78, 5) is 23.8. The molecule has 0 saturated carbocycles. The Morgan fingerprint density at radius 1 is 1.40 bits per heavy atom. The number of amides is 1. The highest BCUT2D eigenvalue weighted by Gasteiger charge is 2.32. The van der Waals surface area contributed by atoms with E-state index < -0.39 is 0 Å². The normalized spacial score (nSPS) is 18.8. The summed E-state index contributed by atoms with van der Waals surface area (Å²) < 4.78 is 5.09. The predicted molar refractivity (Wildman–Crippen MR) is 76.3 cm³/mol. The van der Waals surface area contributed by atoms with Crippen molar-refractivity contribution in [2.75, 3.05) is 6.61 Å². The van der Waals surface area contributed by atoms with E-state index in [9.17, 15) is 9.59 Å². The van der Waals surface area contributed by atoms with Gasteiger partial charge in [-0.05, 0) is 31.5 Å². The zero-order valence-electron chi connectivity index (χ0n) is 11.4. The smallest absolute Gasteiger partial charge is 0.336 e. The van der Waals surface area contributed by atoms with Gasteiger partial charge in [-0.25, -0.2) is 4.79 Å². The topological polar surface area (TPSA) is 55.4 Å². The van der Waals surface area contributed by atoms with E-state index in [1.54, 1.807) is 26.0 Å². The molecule has 0 bridgehead atoms. The van der Waals surface area contributed by atoms with E-state index >= 15 is 0 Å². The fraction of sp³-hybridized carbons (Fsp3) is 0.333. The minimum atomic E-state index is -0.384. The maximum absolute atomic E-state index is 12.1. The van der Waals surface area contributed by atoms with Crippen molar-refractivity contribution in [2.24, 2.45) is 0 Å². The van der Waals surface area contributed by atoms with E-state index in [4.69, 9.17) is 16.3 Å². The Kier molecular flexibility index (Phi) is 4.45. The summed E-state index contributed by atoms with van der Waals surface area (Å²) in [5, 5.41) is 3.31. The van der Waals surface area contributed by atoms with Gasteiger partial charge in [0, 0.05) is 23.1 Å². The second-order valence-corrected chi connectivity index (χ2v) is 5.05. The monoisotopic (exact) mass is 293 g/mol. The summed E-state index contributed by atoms with van der Waals surface area (Å²) in [6, 6.07) is 7.17. The van der Waals surface area contributed by atoms with E-state index in [0.29, 0.717) is 22.9 Å². The molecule has 2 rings (SSSR count). The molecule has 1 heterocycles. The average molecular weight is 294 g/mol. The van der Waals surface area contributed by atoms with Crippen molar-refractivity contribution < 1.29 is 14.3 Å². The van der Waals surface area contributed by atoms with Crippen molar-refractivity contribution >= 4 is 23.5 Å². The van der Waals surface area contributed by atoms with Crippen LogP contribution in [0.1, 0.15) is 31.7 Å². The van der Waals surface area contributed by atoms with Crippen LogP contribution in [0, 0.1) is 0 Å². The average Bonchev–Trinajstić information content (AvgIpc) is 2.38. The third-order valence-corrected chi connectivity index (χ3v) is 3.49. The number of halogens is 1. The lowest BCUT2D eigenvalue weighted by molar-refractivity contribution is -0.139. The summed E-state index contributed by atoms with van der Waals surface area (Å²) in [6.45, 7) is 3.77. The summed E-state index contributed by atoms with van der Waals surface area (Å²) in [5.41, 5.74) is 1.94. The van der Waals surface area contributed by atoms with Gasteiger partial charge in [0.15, 0.2) is 0 Å². The predicted octanol–water partition coefficient (Wildman–Crippen LogP) is 2.78. The van der Waals surface area contributed by atoms with Crippen molar-refractivity contribution in [3.63, 3.8) is 0 Å². The van der Waals surface area contributed by atoms with E-state index in [1.807, 2.05) is 12.1 Å². The van der Waals surface area contributed by atoms with Crippen LogP contribution in [0.4, 0.5) is 0 Å². The molecular weight excluding hydrogens is 278 g/mol. The third kappa shape index (κ3) is 3.02. The van der Waals surface area contributed by atoms with E-state index in [-0.39, 0.29) is 24.2 Å². The van der Waals surface area contributed by atoms with E-state index in [0.717, 1.165) is 5.56 Å². The van der Waals surface area contributed by atoms with Crippen molar-refractivity contribution in [2.45, 2.75) is 26.2 Å². The molecule has 1 aromatic rings. The summed E-state index contributed by atoms with van der Waals surface area (Å²) in [6.07, 6.45) is 0.229. The number of allylic oxidation sites excluding steroid dienone is 1. The molecule has 106 valence electrons. The minimum absolute atomic E-state index is 0.101. The molecule has 5 heteroatoms. The number of carbonyl (C=O) groups is 2. The van der Waals surface area contributed by atoms with Gasteiger partial charge in [-0.2, -0.15) is 0 Å². The minimum Gasteiger partial charge on any atom is -0.463 e. The third-order valence-electron chi connectivity index (χ3n) is 3.24. The molecule has 0 spiro atoms. The second-order valence-electron chi connectivity index (χ2n) is 4.62. The lowest BCUT2D eigenvalue weighted by Crippen LogP contribution is -2.34. The summed E-state index contributed by atoms with van der Waals surface area (Å²) in [5.74, 6) is -0.777. The van der Waals surface area contributed by atoms with Gasteiger partial charge < -0.3 is 10.1 Å². The number of rotatable bonds is 3. The fourth-order valence-electron chi connectivity index (χ4n) is 2.36. The summed E-state index contributed by atoms with van der Waals surface area (Å²) in [7, 11) is 0. The molecule has 20 heavy (non-hydrogen) atoms. The molecule has 4 nitrogen and oxygen atoms in total. The molecule has 1 aliphatic heterocycles. The number of hydrogen-bond donors (Lipinski definition) is 1. The zero-order chi connectivity index (χ0) is 14.7. The van der Waals surface area contributed by atoms with Crippen LogP contribution in [0.15, 0.2) is 35.5 Å². The van der Waals surface area contributed by atoms with Crippen molar-refractivity contribution in [3.8, 4) is 0 Å². The molecule has 0 saturated heterocycles. The van der Waals surface area contributed by atoms with Gasteiger partial charge in [0.2, 0.25) is 5.91 Å². The molecule has 1 amide bonds. The van der Waals surface area contributed by atoms with Crippen LogP contribution >= 0.6 is 11.6 Å². The molecule has 0 aliphatic carbocycles. The van der Waals surface area contributed by atoms with Crippen molar-refractivity contribution in [1.29, 1.82) is 0 Å². The van der Waals surface area contributed by atoms with Crippen molar-refractivity contribution in [1.82, 2.24) is 5.32 Å². The SMILES string of the molecule is CCOC(=O)C1=C(C)NC(=O)CC1c1ccc(Cl)cc1. The summed E-state index contributed by atoms with van der Waals surface area (Å²) >= 11 is 5.87. The van der Waals surface area contributed by atoms with E-state index in [2.05, 4.69) is 5.32 Å². The Morgan fingerprint density at radius 2 is 2.05 bits per heavy atom. The second kappa shape index (κ2) is 6.09.